The lowest BCUT2D eigenvalue weighted by molar-refractivity contribution is -0.127. The molecule has 3 heterocycles. The summed E-state index contributed by atoms with van der Waals surface area (Å²) in [5.74, 6) is 0. The Kier molecular flexibility index (Phi) is 5.77. The second-order valence-electron chi connectivity index (χ2n) is 10.5. The third-order valence-electron chi connectivity index (χ3n) is 5.07. The van der Waals surface area contributed by atoms with Gasteiger partial charge in [0.25, 0.3) is 0 Å². The van der Waals surface area contributed by atoms with Gasteiger partial charge in [0.15, 0.2) is 0 Å². The monoisotopic (exact) mass is 429 g/mol. The summed E-state index contributed by atoms with van der Waals surface area (Å²) in [6.07, 6.45) is -2.14. The van der Waals surface area contributed by atoms with Crippen LogP contribution < -0.4 is 10.6 Å². The third-order valence-corrected chi connectivity index (χ3v) is 5.07. The highest BCUT2D eigenvalue weighted by Gasteiger charge is 2.67. The average molecular weight is 430 g/mol. The minimum Gasteiger partial charge on any atom is -0.444 e. The second kappa shape index (κ2) is 7.51. The lowest BCUT2D eigenvalue weighted by atomic mass is 10.1. The van der Waals surface area contributed by atoms with Crippen LogP contribution in [0.15, 0.2) is 0 Å². The van der Waals surface area contributed by atoms with E-state index in [1.165, 1.54) is 0 Å². The predicted molar refractivity (Wildman–Crippen MR) is 107 cm³/mol. The molecule has 0 aromatic heterocycles. The van der Waals surface area contributed by atoms with Gasteiger partial charge in [-0.1, -0.05) is 0 Å². The van der Waals surface area contributed by atoms with Gasteiger partial charge >= 0.3 is 12.2 Å². The fourth-order valence-electron chi connectivity index (χ4n) is 3.92. The van der Waals surface area contributed by atoms with Crippen LogP contribution >= 0.6 is 0 Å². The zero-order valence-corrected chi connectivity index (χ0v) is 19.2. The standard InChI is InChI=1S/C20H35N3O7/c1-17(2,3)29-15(24)21-10-19(7)13-23-12(9-26-13)27-20(8,14(23)28-19)11-22-16(25)30-18(4,5)6/h12-14H,9-11H2,1-8H3,(H,21,24)(H,22,25)/t12-,13-,14-,19+,20+/m1/s1. The summed E-state index contributed by atoms with van der Waals surface area (Å²) in [4.78, 5) is 26.2. The number of hydrogen-bond acceptors (Lipinski definition) is 8. The number of nitrogens with zero attached hydrogens (tertiary/aromatic N) is 1. The van der Waals surface area contributed by atoms with E-state index in [4.69, 9.17) is 23.7 Å². The molecule has 172 valence electrons. The van der Waals surface area contributed by atoms with Crippen LogP contribution in [-0.4, -0.2) is 77.9 Å². The highest BCUT2D eigenvalue weighted by atomic mass is 16.7. The van der Waals surface area contributed by atoms with E-state index < -0.39 is 40.8 Å². The normalized spacial score (nSPS) is 35.8. The lowest BCUT2D eigenvalue weighted by Crippen LogP contribution is -2.52. The Morgan fingerprint density at radius 3 is 1.83 bits per heavy atom. The first kappa shape index (κ1) is 23.1. The van der Waals surface area contributed by atoms with Gasteiger partial charge in [-0.25, -0.2) is 14.5 Å². The molecule has 3 saturated heterocycles. The number of amides is 2. The Morgan fingerprint density at radius 2 is 1.37 bits per heavy atom. The van der Waals surface area contributed by atoms with Crippen molar-refractivity contribution in [3.05, 3.63) is 0 Å². The fourth-order valence-corrected chi connectivity index (χ4v) is 3.92. The maximum Gasteiger partial charge on any atom is 0.407 e. The molecule has 3 aliphatic rings. The molecule has 0 radical (unpaired) electrons. The largest absolute Gasteiger partial charge is 0.444 e. The van der Waals surface area contributed by atoms with Crippen LogP contribution in [0.2, 0.25) is 0 Å². The molecule has 30 heavy (non-hydrogen) atoms. The van der Waals surface area contributed by atoms with E-state index in [-0.39, 0.29) is 25.5 Å². The van der Waals surface area contributed by atoms with Gasteiger partial charge in [0.05, 0.1) is 19.7 Å². The molecule has 0 aliphatic carbocycles. The van der Waals surface area contributed by atoms with E-state index in [0.29, 0.717) is 6.61 Å². The van der Waals surface area contributed by atoms with Crippen LogP contribution in [-0.2, 0) is 23.7 Å². The smallest absolute Gasteiger partial charge is 0.407 e. The lowest BCUT2D eigenvalue weighted by Gasteiger charge is -2.32. The molecule has 3 aliphatic heterocycles. The Hall–Kier alpha value is -1.62. The van der Waals surface area contributed by atoms with Gasteiger partial charge in [-0.15, -0.1) is 0 Å². The highest BCUT2D eigenvalue weighted by Crippen LogP contribution is 2.48. The minimum absolute atomic E-state index is 0.210. The molecule has 3 fully saturated rings. The van der Waals surface area contributed by atoms with E-state index in [1.54, 1.807) is 0 Å². The zero-order chi connectivity index (χ0) is 22.5. The maximum absolute atomic E-state index is 12.1. The minimum atomic E-state index is -0.798. The van der Waals surface area contributed by atoms with Crippen molar-refractivity contribution >= 4 is 12.2 Å². The van der Waals surface area contributed by atoms with Crippen molar-refractivity contribution in [1.29, 1.82) is 0 Å². The van der Waals surface area contributed by atoms with Gasteiger partial charge < -0.3 is 34.3 Å². The first-order chi connectivity index (χ1) is 13.6. The van der Waals surface area contributed by atoms with Crippen LogP contribution in [0.4, 0.5) is 9.59 Å². The topological polar surface area (TPSA) is 108 Å². The average Bonchev–Trinajstić information content (AvgIpc) is 3.17. The van der Waals surface area contributed by atoms with E-state index >= 15 is 0 Å². The van der Waals surface area contributed by atoms with E-state index in [0.717, 1.165) is 0 Å². The summed E-state index contributed by atoms with van der Waals surface area (Å²) in [6.45, 7) is 15.4. The van der Waals surface area contributed by atoms with Gasteiger partial charge in [0, 0.05) is 0 Å². The molecule has 0 saturated carbocycles. The van der Waals surface area contributed by atoms with E-state index in [2.05, 4.69) is 10.6 Å². The molecule has 5 atom stereocenters. The first-order valence-electron chi connectivity index (χ1n) is 10.3. The molecule has 10 heteroatoms. The highest BCUT2D eigenvalue weighted by molar-refractivity contribution is 5.68. The number of nitrogens with one attached hydrogen (secondary N) is 2. The zero-order valence-electron chi connectivity index (χ0n) is 19.2. The van der Waals surface area contributed by atoms with Gasteiger partial charge in [0.1, 0.15) is 41.1 Å². The summed E-state index contributed by atoms with van der Waals surface area (Å²) in [7, 11) is 0. The summed E-state index contributed by atoms with van der Waals surface area (Å²) >= 11 is 0. The van der Waals surface area contributed by atoms with Crippen molar-refractivity contribution in [3.8, 4) is 0 Å². The molecule has 2 N–H and O–H groups in total. The van der Waals surface area contributed by atoms with E-state index in [1.807, 2.05) is 60.3 Å². The second-order valence-corrected chi connectivity index (χ2v) is 10.5. The molecule has 0 aromatic rings. The quantitative estimate of drug-likeness (QED) is 0.698. The SMILES string of the molecule is CC(C)(C)OC(=O)NC[C@]1(C)O[C@@H]2CO[C@H]3N2[C@@H]1O[C@@]3(C)CNC(=O)OC(C)(C)C. The molecule has 0 spiro atoms. The van der Waals surface area contributed by atoms with Gasteiger partial charge in [-0.05, 0) is 55.4 Å². The van der Waals surface area contributed by atoms with Gasteiger partial charge in [0.2, 0.25) is 0 Å². The molecule has 0 bridgehead atoms. The van der Waals surface area contributed by atoms with Crippen molar-refractivity contribution < 1.29 is 33.3 Å². The van der Waals surface area contributed by atoms with Crippen LogP contribution in [0, 0.1) is 0 Å². The summed E-state index contributed by atoms with van der Waals surface area (Å²) < 4.78 is 29.1. The molecular formula is C20H35N3O7. The van der Waals surface area contributed by atoms with Crippen molar-refractivity contribution in [2.75, 3.05) is 19.7 Å². The maximum atomic E-state index is 12.1. The van der Waals surface area contributed by atoms with Gasteiger partial charge in [-0.3, -0.25) is 0 Å². The summed E-state index contributed by atoms with van der Waals surface area (Å²) in [6, 6.07) is 0. The molecular weight excluding hydrogens is 394 g/mol. The number of alkyl carbamates (subject to hydrolysis) is 2. The Morgan fingerprint density at radius 1 is 0.900 bits per heavy atom. The Labute approximate surface area is 177 Å². The summed E-state index contributed by atoms with van der Waals surface area (Å²) in [5, 5.41) is 5.55. The molecule has 0 aromatic carbocycles. The fraction of sp³-hybridized carbons (Fsp3) is 0.900. The molecule has 10 nitrogen and oxygen atoms in total. The van der Waals surface area contributed by atoms with Crippen LogP contribution in [0.3, 0.4) is 0 Å². The summed E-state index contributed by atoms with van der Waals surface area (Å²) in [5.41, 5.74) is -2.77. The first-order valence-corrected chi connectivity index (χ1v) is 10.3. The molecule has 3 rings (SSSR count). The van der Waals surface area contributed by atoms with Gasteiger partial charge in [-0.2, -0.15) is 0 Å². The predicted octanol–water partition coefficient (Wildman–Crippen LogP) is 1.92. The third kappa shape index (κ3) is 4.82. The van der Waals surface area contributed by atoms with Crippen molar-refractivity contribution in [2.45, 2.75) is 96.5 Å². The number of ether oxygens (including phenoxy) is 5. The van der Waals surface area contributed by atoms with Crippen LogP contribution in [0.25, 0.3) is 0 Å². The molecule has 0 unspecified atom stereocenters. The van der Waals surface area contributed by atoms with E-state index in [9.17, 15) is 9.59 Å². The number of carbonyl (C=O) groups is 2. The number of hydrogen-bond donors (Lipinski definition) is 2. The van der Waals surface area contributed by atoms with Crippen LogP contribution in [0.1, 0.15) is 55.4 Å². The number of carbonyl (C=O) groups excluding carboxylic acids is 2. The van der Waals surface area contributed by atoms with Crippen molar-refractivity contribution in [3.63, 3.8) is 0 Å². The Bertz CT molecular complexity index is 657. The van der Waals surface area contributed by atoms with Crippen molar-refractivity contribution in [2.24, 2.45) is 0 Å². The number of rotatable bonds is 4. The molecule has 2 amide bonds. The Balaban J connectivity index is 1.64. The van der Waals surface area contributed by atoms with Crippen molar-refractivity contribution in [1.82, 2.24) is 15.5 Å². The van der Waals surface area contributed by atoms with Crippen LogP contribution in [0.5, 0.6) is 0 Å².